The molecular weight excluding hydrogens is 383 g/mol. The van der Waals surface area contributed by atoms with Crippen molar-refractivity contribution in [3.8, 4) is 5.75 Å². The largest absolute Gasteiger partial charge is 0.497 e. The van der Waals surface area contributed by atoms with Crippen molar-refractivity contribution in [1.29, 1.82) is 0 Å². The molecule has 0 heterocycles. The highest BCUT2D eigenvalue weighted by Gasteiger charge is 2.42. The van der Waals surface area contributed by atoms with Crippen LogP contribution >= 0.6 is 31.9 Å². The topological polar surface area (TPSA) is 35.5 Å². The molecule has 0 bridgehead atoms. The quantitative estimate of drug-likeness (QED) is 0.543. The second-order valence-corrected chi connectivity index (χ2v) is 6.17. The monoisotopic (exact) mass is 396 g/mol. The maximum absolute atomic E-state index is 13.5. The zero-order chi connectivity index (χ0) is 14.5. The second kappa shape index (κ2) is 7.24. The van der Waals surface area contributed by atoms with Crippen LogP contribution in [-0.4, -0.2) is 31.2 Å². The fourth-order valence-corrected chi connectivity index (χ4v) is 2.53. The minimum atomic E-state index is -1.19. The zero-order valence-electron chi connectivity index (χ0n) is 10.7. The highest BCUT2D eigenvalue weighted by atomic mass is 79.9. The lowest BCUT2D eigenvalue weighted by molar-refractivity contribution is -0.143. The Hall–Kier alpha value is -0.620. The number of carbonyl (C=O) groups excluding carboxylic acids is 1. The molecule has 0 aliphatic heterocycles. The lowest BCUT2D eigenvalue weighted by Gasteiger charge is -2.29. The number of carbonyl (C=O) groups is 1. The average molecular weight is 398 g/mol. The van der Waals surface area contributed by atoms with Crippen LogP contribution < -0.4 is 4.74 Å². The number of ether oxygens (including phenoxy) is 2. The molecule has 0 radical (unpaired) electrons. The summed E-state index contributed by atoms with van der Waals surface area (Å²) in [5.41, 5.74) is 0.601. The highest BCUT2D eigenvalue weighted by Crippen LogP contribution is 2.41. The molecule has 0 aliphatic carbocycles. The fourth-order valence-electron chi connectivity index (χ4n) is 1.58. The molecule has 3 nitrogen and oxygen atoms in total. The number of alkyl halides is 3. The first-order chi connectivity index (χ1) is 8.99. The maximum Gasteiger partial charge on any atom is 0.321 e. The Morgan fingerprint density at radius 1 is 1.53 bits per heavy atom. The first-order valence-electron chi connectivity index (χ1n) is 5.69. The smallest absolute Gasteiger partial charge is 0.321 e. The molecule has 19 heavy (non-hydrogen) atoms. The molecule has 1 rings (SSSR count). The van der Waals surface area contributed by atoms with Gasteiger partial charge >= 0.3 is 5.97 Å². The number of benzene rings is 1. The molecule has 0 N–H and O–H groups in total. The zero-order valence-corrected chi connectivity index (χ0v) is 13.8. The van der Waals surface area contributed by atoms with E-state index in [0.717, 1.165) is 0 Å². The molecule has 2 atom stereocenters. The molecule has 2 unspecified atom stereocenters. The third-order valence-electron chi connectivity index (χ3n) is 2.64. The molecule has 0 aliphatic rings. The molecule has 0 fully saturated rings. The number of methoxy groups -OCH3 is 1. The van der Waals surface area contributed by atoms with Crippen molar-refractivity contribution in [2.24, 2.45) is 0 Å². The summed E-state index contributed by atoms with van der Waals surface area (Å²) in [4.78, 5) is 10.9. The van der Waals surface area contributed by atoms with Crippen LogP contribution in [0.1, 0.15) is 12.5 Å². The molecule has 0 saturated heterocycles. The Bertz CT molecular complexity index is 442. The van der Waals surface area contributed by atoms with E-state index in [2.05, 4.69) is 31.9 Å². The predicted octanol–water partition coefficient (Wildman–Crippen LogP) is 3.58. The summed E-state index contributed by atoms with van der Waals surface area (Å²) in [7, 11) is 1.53. The highest BCUT2D eigenvalue weighted by molar-refractivity contribution is 9.12. The van der Waals surface area contributed by atoms with E-state index < -0.39 is 21.8 Å². The summed E-state index contributed by atoms with van der Waals surface area (Å²) in [6.45, 7) is 1.18. The van der Waals surface area contributed by atoms with Crippen LogP contribution in [0, 0.1) is 0 Å². The van der Waals surface area contributed by atoms with Gasteiger partial charge in [0.2, 0.25) is 0 Å². The van der Waals surface area contributed by atoms with Gasteiger partial charge in [-0.3, -0.25) is 4.79 Å². The van der Waals surface area contributed by atoms with E-state index in [-0.39, 0.29) is 6.61 Å². The maximum atomic E-state index is 13.5. The average Bonchev–Trinajstić information content (AvgIpc) is 2.45. The number of hydrogen-bond acceptors (Lipinski definition) is 3. The van der Waals surface area contributed by atoms with E-state index in [9.17, 15) is 9.18 Å². The first-order valence-corrected chi connectivity index (χ1v) is 7.40. The Balaban J connectivity index is 3.10. The Labute approximate surface area is 128 Å². The van der Waals surface area contributed by atoms with Crippen LogP contribution in [0.3, 0.4) is 0 Å². The van der Waals surface area contributed by atoms with Gasteiger partial charge in [-0.15, -0.1) is 0 Å². The third-order valence-corrected chi connectivity index (χ3v) is 5.54. The SMILES string of the molecule is CCOC(=O)C(Br)C(Br)(CF)c1cccc(OC)c1. The number of esters is 1. The van der Waals surface area contributed by atoms with E-state index >= 15 is 0 Å². The van der Waals surface area contributed by atoms with E-state index in [4.69, 9.17) is 9.47 Å². The minimum Gasteiger partial charge on any atom is -0.497 e. The molecule has 1 aromatic rings. The molecule has 0 amide bonds. The van der Waals surface area contributed by atoms with E-state index in [0.29, 0.717) is 11.3 Å². The van der Waals surface area contributed by atoms with Crippen LogP contribution in [0.2, 0.25) is 0 Å². The van der Waals surface area contributed by atoms with Crippen molar-refractivity contribution >= 4 is 37.8 Å². The minimum absolute atomic E-state index is 0.244. The molecule has 0 spiro atoms. The molecular formula is C13H15Br2FO3. The van der Waals surface area contributed by atoms with Gasteiger partial charge in [-0.25, -0.2) is 4.39 Å². The number of halogens is 3. The van der Waals surface area contributed by atoms with Crippen molar-refractivity contribution in [1.82, 2.24) is 0 Å². The normalized spacial score (nSPS) is 15.4. The van der Waals surface area contributed by atoms with E-state index in [1.54, 1.807) is 31.2 Å². The summed E-state index contributed by atoms with van der Waals surface area (Å²) < 4.78 is 22.3. The lowest BCUT2D eigenvalue weighted by Crippen LogP contribution is -2.38. The summed E-state index contributed by atoms with van der Waals surface area (Å²) in [5.74, 6) is 0.0816. The van der Waals surface area contributed by atoms with Gasteiger partial charge < -0.3 is 9.47 Å². The standard InChI is InChI=1S/C13H15Br2FO3/c1-3-19-12(17)11(14)13(15,8-16)9-5-4-6-10(7-9)18-2/h4-7,11H,3,8H2,1-2H3. The lowest BCUT2D eigenvalue weighted by atomic mass is 9.96. The molecule has 1 aromatic carbocycles. The van der Waals surface area contributed by atoms with E-state index in [1.165, 1.54) is 7.11 Å². The van der Waals surface area contributed by atoms with Gasteiger partial charge in [0.1, 0.15) is 21.6 Å². The van der Waals surface area contributed by atoms with Gasteiger partial charge in [0.05, 0.1) is 13.7 Å². The van der Waals surface area contributed by atoms with Crippen molar-refractivity contribution in [3.05, 3.63) is 29.8 Å². The van der Waals surface area contributed by atoms with Crippen molar-refractivity contribution in [2.45, 2.75) is 16.1 Å². The summed E-state index contributed by atoms with van der Waals surface area (Å²) >= 11 is 6.52. The molecule has 0 aromatic heterocycles. The van der Waals surface area contributed by atoms with Crippen molar-refractivity contribution in [2.75, 3.05) is 20.4 Å². The van der Waals surface area contributed by atoms with Gasteiger partial charge in [0.25, 0.3) is 0 Å². The second-order valence-electron chi connectivity index (χ2n) is 3.84. The van der Waals surface area contributed by atoms with Crippen LogP contribution in [-0.2, 0) is 13.9 Å². The van der Waals surface area contributed by atoms with Gasteiger partial charge in [0, 0.05) is 0 Å². The van der Waals surface area contributed by atoms with Gasteiger partial charge in [-0.1, -0.05) is 44.0 Å². The van der Waals surface area contributed by atoms with Crippen LogP contribution in [0.5, 0.6) is 5.75 Å². The Morgan fingerprint density at radius 2 is 2.21 bits per heavy atom. The van der Waals surface area contributed by atoms with Crippen molar-refractivity contribution in [3.63, 3.8) is 0 Å². The van der Waals surface area contributed by atoms with Crippen molar-refractivity contribution < 1.29 is 18.7 Å². The number of hydrogen-bond donors (Lipinski definition) is 0. The van der Waals surface area contributed by atoms with Gasteiger partial charge in [-0.05, 0) is 24.6 Å². The summed E-state index contributed by atoms with van der Waals surface area (Å²) in [5, 5.41) is 0. The van der Waals surface area contributed by atoms with Gasteiger partial charge in [-0.2, -0.15) is 0 Å². The fraction of sp³-hybridized carbons (Fsp3) is 0.462. The van der Waals surface area contributed by atoms with Crippen LogP contribution in [0.25, 0.3) is 0 Å². The first kappa shape index (κ1) is 16.4. The number of rotatable bonds is 6. The molecule has 6 heteroatoms. The predicted molar refractivity (Wildman–Crippen MR) is 78.9 cm³/mol. The molecule has 0 saturated carbocycles. The Morgan fingerprint density at radius 3 is 2.74 bits per heavy atom. The Kier molecular flexibility index (Phi) is 6.26. The van der Waals surface area contributed by atoms with Gasteiger partial charge in [0.15, 0.2) is 0 Å². The summed E-state index contributed by atoms with van der Waals surface area (Å²) in [6, 6.07) is 6.90. The van der Waals surface area contributed by atoms with Crippen LogP contribution in [0.4, 0.5) is 4.39 Å². The van der Waals surface area contributed by atoms with Crippen LogP contribution in [0.15, 0.2) is 24.3 Å². The summed E-state index contributed by atoms with van der Waals surface area (Å²) in [6.07, 6.45) is 0. The third kappa shape index (κ3) is 3.69. The molecule has 106 valence electrons. The van der Waals surface area contributed by atoms with E-state index in [1.807, 2.05) is 0 Å².